The third-order valence-corrected chi connectivity index (χ3v) is 2.75. The van der Waals surface area contributed by atoms with Crippen LogP contribution in [0.25, 0.3) is 0 Å². The highest BCUT2D eigenvalue weighted by Crippen LogP contribution is 2.40. The average molecular weight is 287 g/mol. The minimum atomic E-state index is -2.71. The molecule has 6 nitrogen and oxygen atoms in total. The van der Waals surface area contributed by atoms with E-state index in [1.54, 1.807) is 6.07 Å². The average Bonchev–Trinajstić information content (AvgIpc) is 2.68. The lowest BCUT2D eigenvalue weighted by Gasteiger charge is -2.16. The summed E-state index contributed by atoms with van der Waals surface area (Å²) in [4.78, 5) is 22.1. The zero-order valence-electron chi connectivity index (χ0n) is 9.92. The number of alkyl halides is 1. The summed E-state index contributed by atoms with van der Waals surface area (Å²) in [6, 6.07) is 4.68. The highest BCUT2D eigenvalue weighted by atomic mass is 35.5. The highest BCUT2D eigenvalue weighted by Gasteiger charge is 2.57. The number of carbonyl (C=O) groups is 2. The Labute approximate surface area is 113 Å². The first-order valence-electron chi connectivity index (χ1n) is 5.47. The summed E-state index contributed by atoms with van der Waals surface area (Å²) < 4.78 is 9.90. The zero-order valence-corrected chi connectivity index (χ0v) is 10.7. The summed E-state index contributed by atoms with van der Waals surface area (Å²) >= 11 is 5.86. The van der Waals surface area contributed by atoms with Gasteiger partial charge in [0.2, 0.25) is 0 Å². The van der Waals surface area contributed by atoms with Gasteiger partial charge in [0.15, 0.2) is 11.5 Å². The molecule has 0 saturated heterocycles. The molecule has 0 aliphatic carbocycles. The van der Waals surface area contributed by atoms with Crippen LogP contribution in [0.15, 0.2) is 18.2 Å². The normalized spacial score (nSPS) is 16.9. The fraction of sp³-hybridized carbons (Fsp3) is 0.333. The van der Waals surface area contributed by atoms with E-state index in [4.69, 9.17) is 31.3 Å². The molecular weight excluding hydrogens is 276 g/mol. The van der Waals surface area contributed by atoms with Gasteiger partial charge in [0, 0.05) is 5.38 Å². The summed E-state index contributed by atoms with van der Waals surface area (Å²) in [5.41, 5.74) is 0.802. The maximum absolute atomic E-state index is 11.0. The molecule has 0 amide bonds. The van der Waals surface area contributed by atoms with Crippen LogP contribution in [-0.4, -0.2) is 33.3 Å². The number of hydrogen-bond acceptors (Lipinski definition) is 4. The van der Waals surface area contributed by atoms with Gasteiger partial charge >= 0.3 is 17.7 Å². The lowest BCUT2D eigenvalue weighted by Crippen LogP contribution is -2.54. The van der Waals surface area contributed by atoms with Crippen LogP contribution in [0.5, 0.6) is 11.5 Å². The van der Waals surface area contributed by atoms with Gasteiger partial charge in [-0.2, -0.15) is 0 Å². The van der Waals surface area contributed by atoms with Gasteiger partial charge in [-0.3, -0.25) is 0 Å². The van der Waals surface area contributed by atoms with Crippen LogP contribution < -0.4 is 9.47 Å². The lowest BCUT2D eigenvalue weighted by atomic mass is 10.1. The van der Waals surface area contributed by atoms with Gasteiger partial charge in [0.05, 0.1) is 0 Å². The van der Waals surface area contributed by atoms with Crippen LogP contribution >= 0.6 is 11.6 Å². The molecule has 1 aromatic rings. The van der Waals surface area contributed by atoms with Crippen molar-refractivity contribution in [3.63, 3.8) is 0 Å². The van der Waals surface area contributed by atoms with Crippen molar-refractivity contribution in [1.29, 1.82) is 0 Å². The van der Waals surface area contributed by atoms with Crippen molar-refractivity contribution in [2.24, 2.45) is 0 Å². The lowest BCUT2D eigenvalue weighted by molar-refractivity contribution is -0.194. The summed E-state index contributed by atoms with van der Waals surface area (Å²) in [6.07, 6.45) is 0.547. The van der Waals surface area contributed by atoms with Crippen molar-refractivity contribution in [3.05, 3.63) is 23.8 Å². The van der Waals surface area contributed by atoms with Crippen molar-refractivity contribution < 1.29 is 29.3 Å². The molecule has 1 atom stereocenters. The van der Waals surface area contributed by atoms with Gasteiger partial charge in [-0.05, 0) is 31.0 Å². The molecule has 0 fully saturated rings. The fourth-order valence-corrected chi connectivity index (χ4v) is 1.94. The number of ether oxygens (including phenoxy) is 2. The van der Waals surface area contributed by atoms with Crippen LogP contribution in [0.2, 0.25) is 0 Å². The van der Waals surface area contributed by atoms with Crippen LogP contribution in [0.4, 0.5) is 0 Å². The van der Waals surface area contributed by atoms with E-state index in [0.717, 1.165) is 5.56 Å². The third-order valence-electron chi connectivity index (χ3n) is 2.60. The van der Waals surface area contributed by atoms with E-state index >= 15 is 0 Å². The Morgan fingerprint density at radius 2 is 1.84 bits per heavy atom. The van der Waals surface area contributed by atoms with Crippen LogP contribution in [0.1, 0.15) is 12.5 Å². The molecule has 1 aliphatic rings. The smallest absolute Gasteiger partial charge is 0.453 e. The number of hydrogen-bond donors (Lipinski definition) is 2. The van der Waals surface area contributed by atoms with E-state index < -0.39 is 17.7 Å². The molecule has 0 aromatic heterocycles. The monoisotopic (exact) mass is 286 g/mol. The second-order valence-electron chi connectivity index (χ2n) is 4.20. The second kappa shape index (κ2) is 4.62. The maximum atomic E-state index is 11.0. The van der Waals surface area contributed by atoms with E-state index in [-0.39, 0.29) is 16.9 Å². The molecule has 7 heteroatoms. The van der Waals surface area contributed by atoms with E-state index in [2.05, 4.69) is 0 Å². The van der Waals surface area contributed by atoms with E-state index in [0.29, 0.717) is 6.42 Å². The van der Waals surface area contributed by atoms with E-state index in [1.807, 2.05) is 6.92 Å². The molecule has 0 radical (unpaired) electrons. The molecule has 1 aromatic carbocycles. The van der Waals surface area contributed by atoms with Crippen molar-refractivity contribution in [3.8, 4) is 11.5 Å². The molecule has 0 saturated carbocycles. The minimum Gasteiger partial charge on any atom is -0.475 e. The molecule has 2 rings (SSSR count). The predicted molar refractivity (Wildman–Crippen MR) is 64.7 cm³/mol. The number of halogens is 1. The number of benzene rings is 1. The summed E-state index contributed by atoms with van der Waals surface area (Å²) in [6.45, 7) is 1.81. The van der Waals surface area contributed by atoms with Crippen LogP contribution in [0.3, 0.4) is 0 Å². The van der Waals surface area contributed by atoms with Gasteiger partial charge in [-0.25, -0.2) is 9.59 Å². The summed E-state index contributed by atoms with van der Waals surface area (Å²) in [5.74, 6) is -5.99. The Balaban J connectivity index is 2.34. The molecule has 1 heterocycles. The van der Waals surface area contributed by atoms with Crippen LogP contribution in [0, 0.1) is 0 Å². The number of aliphatic carboxylic acids is 2. The number of fused-ring (bicyclic) bond motifs is 1. The molecule has 2 N–H and O–H groups in total. The third kappa shape index (κ3) is 2.31. The number of carboxylic acid groups (broad SMARTS) is 2. The SMILES string of the molecule is C[C@@H](Cl)Cc1ccc2c(c1)OC(C(=O)O)(C(=O)O)O2. The Morgan fingerprint density at radius 3 is 2.37 bits per heavy atom. The predicted octanol–water partition coefficient (Wildman–Crippen LogP) is 1.49. The maximum Gasteiger partial charge on any atom is 0.453 e. The van der Waals surface area contributed by atoms with Gasteiger partial charge in [-0.15, -0.1) is 11.6 Å². The van der Waals surface area contributed by atoms with Crippen molar-refractivity contribution in [2.75, 3.05) is 0 Å². The Hall–Kier alpha value is -1.95. The standard InChI is InChI=1S/C12H11ClO6/c1-6(13)4-7-2-3-8-9(5-7)19-12(18-8,10(14)15)11(16)17/h2-3,5-6H,4H2,1H3,(H,14,15)(H,16,17)/t6-/m1/s1. The molecule has 102 valence electrons. The van der Waals surface area contributed by atoms with Gasteiger partial charge in [0.25, 0.3) is 0 Å². The summed E-state index contributed by atoms with van der Waals surface area (Å²) in [7, 11) is 0. The Bertz CT molecular complexity index is 525. The molecule has 0 unspecified atom stereocenters. The van der Waals surface area contributed by atoms with Crippen molar-refractivity contribution in [1.82, 2.24) is 0 Å². The molecule has 0 bridgehead atoms. The molecule has 19 heavy (non-hydrogen) atoms. The number of rotatable bonds is 4. The minimum absolute atomic E-state index is 0.0794. The van der Waals surface area contributed by atoms with Crippen molar-refractivity contribution >= 4 is 23.5 Å². The fourth-order valence-electron chi connectivity index (χ4n) is 1.76. The highest BCUT2D eigenvalue weighted by molar-refractivity contribution is 6.20. The van der Waals surface area contributed by atoms with E-state index in [9.17, 15) is 9.59 Å². The first kappa shape index (κ1) is 13.5. The van der Waals surface area contributed by atoms with Crippen molar-refractivity contribution in [2.45, 2.75) is 24.5 Å². The Kier molecular flexibility index (Phi) is 3.28. The summed E-state index contributed by atoms with van der Waals surface area (Å²) in [5, 5.41) is 17.8. The second-order valence-corrected chi connectivity index (χ2v) is 4.94. The first-order valence-corrected chi connectivity index (χ1v) is 5.90. The first-order chi connectivity index (χ1) is 8.85. The quantitative estimate of drug-likeness (QED) is 0.643. The molecule has 1 aliphatic heterocycles. The Morgan fingerprint density at radius 1 is 1.26 bits per heavy atom. The van der Waals surface area contributed by atoms with Gasteiger partial charge in [0.1, 0.15) is 0 Å². The molecule has 0 spiro atoms. The largest absolute Gasteiger partial charge is 0.475 e. The van der Waals surface area contributed by atoms with Gasteiger partial charge in [-0.1, -0.05) is 6.07 Å². The van der Waals surface area contributed by atoms with E-state index in [1.165, 1.54) is 12.1 Å². The van der Waals surface area contributed by atoms with Gasteiger partial charge < -0.3 is 19.7 Å². The van der Waals surface area contributed by atoms with Crippen LogP contribution in [-0.2, 0) is 16.0 Å². The zero-order chi connectivity index (χ0) is 14.2. The molecular formula is C12H11ClO6. The topological polar surface area (TPSA) is 93.1 Å². The number of carboxylic acids is 2.